The van der Waals surface area contributed by atoms with E-state index in [1.807, 2.05) is 39.0 Å². The minimum absolute atomic E-state index is 0.166. The second kappa shape index (κ2) is 6.81. The molecule has 1 heterocycles. The maximum Gasteiger partial charge on any atom is 0.411 e. The van der Waals surface area contributed by atoms with Crippen molar-refractivity contribution in [3.05, 3.63) is 35.9 Å². The Balaban J connectivity index is 2.04. The Morgan fingerprint density at radius 3 is 2.50 bits per heavy atom. The minimum atomic E-state index is -0.539. The number of ether oxygens (including phenoxy) is 1. The molecule has 1 aliphatic heterocycles. The van der Waals surface area contributed by atoms with Crippen LogP contribution in [-0.4, -0.2) is 35.2 Å². The smallest absolute Gasteiger partial charge is 0.411 e. The molecule has 2 amide bonds. The van der Waals surface area contributed by atoms with E-state index in [1.165, 1.54) is 0 Å². The van der Waals surface area contributed by atoms with Gasteiger partial charge in [0.15, 0.2) is 0 Å². The summed E-state index contributed by atoms with van der Waals surface area (Å²) in [5.41, 5.74) is 0.0555. The maximum absolute atomic E-state index is 12.3. The van der Waals surface area contributed by atoms with Gasteiger partial charge in [-0.15, -0.1) is 0 Å². The number of likely N-dealkylation sites (tertiary alicyclic amines) is 1. The van der Waals surface area contributed by atoms with Crippen molar-refractivity contribution in [3.8, 4) is 0 Å². The Labute approximate surface area is 131 Å². The Kier molecular flexibility index (Phi) is 5.06. The van der Waals surface area contributed by atoms with E-state index in [2.05, 4.69) is 5.32 Å². The number of rotatable bonds is 2. The van der Waals surface area contributed by atoms with Crippen LogP contribution in [0.1, 0.15) is 50.4 Å². The van der Waals surface area contributed by atoms with Crippen molar-refractivity contribution < 1.29 is 14.3 Å². The third kappa shape index (κ3) is 4.48. The number of hydrogen-bond donors (Lipinski definition) is 1. The average molecular weight is 304 g/mol. The molecule has 1 unspecified atom stereocenters. The van der Waals surface area contributed by atoms with Crippen molar-refractivity contribution in [2.45, 2.75) is 51.8 Å². The summed E-state index contributed by atoms with van der Waals surface area (Å²) >= 11 is 0. The summed E-state index contributed by atoms with van der Waals surface area (Å²) in [5.74, 6) is -0.166. The van der Waals surface area contributed by atoms with Crippen LogP contribution in [0, 0.1) is 0 Å². The first-order valence-electron chi connectivity index (χ1n) is 7.72. The van der Waals surface area contributed by atoms with Crippen LogP contribution in [0.5, 0.6) is 0 Å². The highest BCUT2D eigenvalue weighted by Crippen LogP contribution is 2.19. The molecule has 1 aromatic carbocycles. The van der Waals surface area contributed by atoms with Gasteiger partial charge in [-0.3, -0.25) is 9.69 Å². The normalized spacial score (nSPS) is 18.7. The first-order chi connectivity index (χ1) is 10.4. The van der Waals surface area contributed by atoms with Crippen LogP contribution < -0.4 is 5.32 Å². The lowest BCUT2D eigenvalue weighted by Crippen LogP contribution is -2.54. The van der Waals surface area contributed by atoms with Crippen LogP contribution >= 0.6 is 0 Å². The van der Waals surface area contributed by atoms with Gasteiger partial charge in [-0.25, -0.2) is 4.79 Å². The number of nitrogens with one attached hydrogen (secondary N) is 1. The van der Waals surface area contributed by atoms with Gasteiger partial charge < -0.3 is 10.1 Å². The Hall–Kier alpha value is -2.04. The van der Waals surface area contributed by atoms with E-state index in [0.717, 1.165) is 19.3 Å². The topological polar surface area (TPSA) is 58.6 Å². The van der Waals surface area contributed by atoms with Gasteiger partial charge in [0.2, 0.25) is 0 Å². The van der Waals surface area contributed by atoms with Crippen molar-refractivity contribution in [2.75, 3.05) is 6.54 Å². The van der Waals surface area contributed by atoms with Gasteiger partial charge in [0.1, 0.15) is 11.8 Å². The predicted molar refractivity (Wildman–Crippen MR) is 84.5 cm³/mol. The lowest BCUT2D eigenvalue weighted by atomic mass is 10.1. The number of nitrogens with zero attached hydrogens (tertiary/aromatic N) is 1. The van der Waals surface area contributed by atoms with Crippen molar-refractivity contribution >= 4 is 12.0 Å². The molecule has 0 bridgehead atoms. The highest BCUT2D eigenvalue weighted by Gasteiger charge is 2.31. The van der Waals surface area contributed by atoms with Gasteiger partial charge in [-0.1, -0.05) is 18.2 Å². The van der Waals surface area contributed by atoms with E-state index < -0.39 is 5.60 Å². The highest BCUT2D eigenvalue weighted by atomic mass is 16.6. The summed E-state index contributed by atoms with van der Waals surface area (Å²) in [6.07, 6.45) is 1.98. The molecule has 1 aliphatic rings. The van der Waals surface area contributed by atoms with Gasteiger partial charge in [-0.2, -0.15) is 0 Å². The summed E-state index contributed by atoms with van der Waals surface area (Å²) < 4.78 is 5.43. The third-order valence-corrected chi connectivity index (χ3v) is 3.46. The van der Waals surface area contributed by atoms with Crippen molar-refractivity contribution in [3.63, 3.8) is 0 Å². The third-order valence-electron chi connectivity index (χ3n) is 3.46. The summed E-state index contributed by atoms with van der Waals surface area (Å²) in [4.78, 5) is 26.2. The second-order valence-electron chi connectivity index (χ2n) is 6.52. The van der Waals surface area contributed by atoms with E-state index in [9.17, 15) is 9.59 Å². The SMILES string of the molecule is CC(C)(C)OC(=O)N1CCCCC1NC(=O)c1ccccc1. The Bertz CT molecular complexity index is 522. The molecular weight excluding hydrogens is 280 g/mol. The molecule has 0 aliphatic carbocycles. The van der Waals surface area contributed by atoms with Gasteiger partial charge in [-0.05, 0) is 52.2 Å². The predicted octanol–water partition coefficient (Wildman–Crippen LogP) is 3.16. The largest absolute Gasteiger partial charge is 0.444 e. The van der Waals surface area contributed by atoms with E-state index in [0.29, 0.717) is 12.1 Å². The first-order valence-corrected chi connectivity index (χ1v) is 7.72. The zero-order valence-corrected chi connectivity index (χ0v) is 13.5. The number of amides is 2. The standard InChI is InChI=1S/C17H24N2O3/c1-17(2,3)22-16(21)19-12-8-7-11-14(19)18-15(20)13-9-5-4-6-10-13/h4-6,9-10,14H,7-8,11-12H2,1-3H3,(H,18,20). The molecule has 0 radical (unpaired) electrons. The molecule has 22 heavy (non-hydrogen) atoms. The minimum Gasteiger partial charge on any atom is -0.444 e. The summed E-state index contributed by atoms with van der Waals surface area (Å²) in [7, 11) is 0. The van der Waals surface area contributed by atoms with E-state index >= 15 is 0 Å². The highest BCUT2D eigenvalue weighted by molar-refractivity contribution is 5.94. The first kappa shape index (κ1) is 16.3. The molecule has 0 saturated carbocycles. The number of piperidine rings is 1. The van der Waals surface area contributed by atoms with E-state index in [1.54, 1.807) is 17.0 Å². The zero-order valence-electron chi connectivity index (χ0n) is 13.5. The zero-order chi connectivity index (χ0) is 16.2. The number of carbonyl (C=O) groups excluding carboxylic acids is 2. The van der Waals surface area contributed by atoms with E-state index in [4.69, 9.17) is 4.74 Å². The van der Waals surface area contributed by atoms with Crippen LogP contribution in [0.15, 0.2) is 30.3 Å². The molecule has 1 atom stereocenters. The fourth-order valence-corrected chi connectivity index (χ4v) is 2.44. The molecule has 2 rings (SSSR count). The number of benzene rings is 1. The summed E-state index contributed by atoms with van der Waals surface area (Å²) in [6, 6.07) is 9.03. The Morgan fingerprint density at radius 2 is 1.86 bits per heavy atom. The molecule has 0 spiro atoms. The fraction of sp³-hybridized carbons (Fsp3) is 0.529. The van der Waals surface area contributed by atoms with Gasteiger partial charge in [0.25, 0.3) is 5.91 Å². The van der Waals surface area contributed by atoms with Gasteiger partial charge in [0.05, 0.1) is 0 Å². The van der Waals surface area contributed by atoms with Gasteiger partial charge >= 0.3 is 6.09 Å². The summed E-state index contributed by atoms with van der Waals surface area (Å²) in [6.45, 7) is 6.12. The molecule has 1 N–H and O–H groups in total. The second-order valence-corrected chi connectivity index (χ2v) is 6.52. The quantitative estimate of drug-likeness (QED) is 0.913. The van der Waals surface area contributed by atoms with Crippen LogP contribution in [0.25, 0.3) is 0 Å². The Morgan fingerprint density at radius 1 is 1.18 bits per heavy atom. The van der Waals surface area contributed by atoms with E-state index in [-0.39, 0.29) is 18.2 Å². The fourth-order valence-electron chi connectivity index (χ4n) is 2.44. The molecule has 5 heteroatoms. The summed E-state index contributed by atoms with van der Waals surface area (Å²) in [5, 5.41) is 2.94. The lowest BCUT2D eigenvalue weighted by molar-refractivity contribution is 0.00603. The number of hydrogen-bond acceptors (Lipinski definition) is 3. The van der Waals surface area contributed by atoms with Crippen molar-refractivity contribution in [1.82, 2.24) is 10.2 Å². The molecule has 1 aromatic rings. The van der Waals surface area contributed by atoms with Crippen LogP contribution in [-0.2, 0) is 4.74 Å². The molecule has 1 fully saturated rings. The number of carbonyl (C=O) groups is 2. The van der Waals surface area contributed by atoms with Crippen LogP contribution in [0.2, 0.25) is 0 Å². The molecular formula is C17H24N2O3. The van der Waals surface area contributed by atoms with Gasteiger partial charge in [0, 0.05) is 12.1 Å². The average Bonchev–Trinajstić information content (AvgIpc) is 2.47. The van der Waals surface area contributed by atoms with Crippen molar-refractivity contribution in [1.29, 1.82) is 0 Å². The molecule has 1 saturated heterocycles. The monoisotopic (exact) mass is 304 g/mol. The van der Waals surface area contributed by atoms with Crippen molar-refractivity contribution in [2.24, 2.45) is 0 Å². The maximum atomic E-state index is 12.3. The molecule has 0 aromatic heterocycles. The molecule has 5 nitrogen and oxygen atoms in total. The lowest BCUT2D eigenvalue weighted by Gasteiger charge is -2.37. The van der Waals surface area contributed by atoms with Crippen LogP contribution in [0.3, 0.4) is 0 Å². The molecule has 120 valence electrons. The van der Waals surface area contributed by atoms with Crippen LogP contribution in [0.4, 0.5) is 4.79 Å².